The highest BCUT2D eigenvalue weighted by Gasteiger charge is 2.17. The van der Waals surface area contributed by atoms with Crippen LogP contribution in [0.3, 0.4) is 0 Å². The maximum atomic E-state index is 11.5. The van der Waals surface area contributed by atoms with Crippen molar-refractivity contribution in [3.63, 3.8) is 0 Å². The number of carbonyl (C=O) groups is 2. The molecule has 0 rings (SSSR count). The number of ether oxygens (including phenoxy) is 2. The lowest BCUT2D eigenvalue weighted by Crippen LogP contribution is -2.39. The highest BCUT2D eigenvalue weighted by atomic mass is 16.6. The van der Waals surface area contributed by atoms with Crippen molar-refractivity contribution in [3.05, 3.63) is 0 Å². The Bertz CT molecular complexity index is 256. The number of esters is 1. The van der Waals surface area contributed by atoms with Gasteiger partial charge in [0.25, 0.3) is 0 Å². The Hall–Kier alpha value is -1.26. The Morgan fingerprint density at radius 2 is 1.63 bits per heavy atom. The monoisotopic (exact) mass is 273 g/mol. The molecule has 1 atom stereocenters. The van der Waals surface area contributed by atoms with Gasteiger partial charge < -0.3 is 14.8 Å². The van der Waals surface area contributed by atoms with Gasteiger partial charge in [-0.15, -0.1) is 0 Å². The predicted molar refractivity (Wildman–Crippen MR) is 74.0 cm³/mol. The van der Waals surface area contributed by atoms with Crippen LogP contribution in [0.4, 0.5) is 4.79 Å². The van der Waals surface area contributed by atoms with E-state index < -0.39 is 18.1 Å². The van der Waals surface area contributed by atoms with Crippen LogP contribution in [0.5, 0.6) is 0 Å². The zero-order valence-corrected chi connectivity index (χ0v) is 12.4. The molecule has 0 aliphatic heterocycles. The van der Waals surface area contributed by atoms with E-state index in [9.17, 15) is 9.59 Å². The molecule has 0 fully saturated rings. The summed E-state index contributed by atoms with van der Waals surface area (Å²) in [5.74, 6) is -0.415. The zero-order chi connectivity index (χ0) is 14.5. The molecule has 0 heterocycles. The van der Waals surface area contributed by atoms with E-state index in [1.54, 1.807) is 13.8 Å². The summed E-state index contributed by atoms with van der Waals surface area (Å²) in [5.41, 5.74) is 0. The maximum absolute atomic E-state index is 11.5. The van der Waals surface area contributed by atoms with Crippen molar-refractivity contribution in [1.82, 2.24) is 5.32 Å². The number of nitrogens with one attached hydrogen (secondary N) is 1. The first-order valence-corrected chi connectivity index (χ1v) is 7.21. The van der Waals surface area contributed by atoms with Crippen LogP contribution < -0.4 is 5.32 Å². The van der Waals surface area contributed by atoms with E-state index in [0.717, 1.165) is 12.8 Å². The summed E-state index contributed by atoms with van der Waals surface area (Å²) in [6.07, 6.45) is 6.28. The fraction of sp³-hybridized carbons (Fsp3) is 0.857. The van der Waals surface area contributed by atoms with Gasteiger partial charge in [0.05, 0.1) is 13.2 Å². The van der Waals surface area contributed by atoms with Gasteiger partial charge in [0.2, 0.25) is 0 Å². The quantitative estimate of drug-likeness (QED) is 0.491. The molecular weight excluding hydrogens is 246 g/mol. The van der Waals surface area contributed by atoms with Crippen molar-refractivity contribution < 1.29 is 19.1 Å². The fourth-order valence-electron chi connectivity index (χ4n) is 1.59. The van der Waals surface area contributed by atoms with E-state index in [1.165, 1.54) is 25.7 Å². The molecule has 0 bridgehead atoms. The first kappa shape index (κ1) is 17.7. The summed E-state index contributed by atoms with van der Waals surface area (Å²) in [7, 11) is 0. The Morgan fingerprint density at radius 3 is 2.26 bits per heavy atom. The molecule has 0 aliphatic rings. The first-order chi connectivity index (χ1) is 9.11. The molecule has 0 aliphatic carbocycles. The molecule has 0 spiro atoms. The minimum absolute atomic E-state index is 0.283. The van der Waals surface area contributed by atoms with Gasteiger partial charge in [0.15, 0.2) is 0 Å². The second-order valence-electron chi connectivity index (χ2n) is 4.52. The summed E-state index contributed by atoms with van der Waals surface area (Å²) in [4.78, 5) is 22.6. The molecule has 19 heavy (non-hydrogen) atoms. The largest absolute Gasteiger partial charge is 0.464 e. The van der Waals surface area contributed by atoms with Crippen LogP contribution >= 0.6 is 0 Å². The van der Waals surface area contributed by atoms with E-state index in [1.807, 2.05) is 0 Å². The lowest BCUT2D eigenvalue weighted by molar-refractivity contribution is -0.145. The third-order valence-corrected chi connectivity index (χ3v) is 2.71. The number of hydrogen-bond donors (Lipinski definition) is 1. The first-order valence-electron chi connectivity index (χ1n) is 7.21. The Kier molecular flexibility index (Phi) is 11.0. The van der Waals surface area contributed by atoms with Crippen molar-refractivity contribution in [2.75, 3.05) is 13.2 Å². The van der Waals surface area contributed by atoms with E-state index in [4.69, 9.17) is 4.74 Å². The average molecular weight is 273 g/mol. The van der Waals surface area contributed by atoms with Crippen LogP contribution in [0.1, 0.15) is 59.3 Å². The SMILES string of the molecule is CCCCCCCCOC(=O)[C@H](C)NC(=O)OCC. The normalized spacial score (nSPS) is 11.7. The lowest BCUT2D eigenvalue weighted by Gasteiger charge is -2.12. The highest BCUT2D eigenvalue weighted by molar-refractivity contribution is 5.80. The summed E-state index contributed by atoms with van der Waals surface area (Å²) in [5, 5.41) is 2.41. The van der Waals surface area contributed by atoms with Crippen LogP contribution in [-0.4, -0.2) is 31.3 Å². The van der Waals surface area contributed by atoms with Crippen LogP contribution in [0.25, 0.3) is 0 Å². The van der Waals surface area contributed by atoms with Crippen molar-refractivity contribution >= 4 is 12.1 Å². The summed E-state index contributed by atoms with van der Waals surface area (Å²) >= 11 is 0. The van der Waals surface area contributed by atoms with Crippen LogP contribution in [0.2, 0.25) is 0 Å². The molecule has 0 aromatic carbocycles. The van der Waals surface area contributed by atoms with Gasteiger partial charge in [-0.05, 0) is 20.3 Å². The molecular formula is C14H27NO4. The number of alkyl carbamates (subject to hydrolysis) is 1. The zero-order valence-electron chi connectivity index (χ0n) is 12.4. The number of carbonyl (C=O) groups excluding carboxylic acids is 2. The molecule has 0 saturated carbocycles. The van der Waals surface area contributed by atoms with Crippen molar-refractivity contribution in [2.24, 2.45) is 0 Å². The standard InChI is InChI=1S/C14H27NO4/c1-4-6-7-8-9-10-11-19-13(16)12(3)15-14(17)18-5-2/h12H,4-11H2,1-3H3,(H,15,17)/t12-/m0/s1. The molecule has 0 saturated heterocycles. The van der Waals surface area contributed by atoms with Gasteiger partial charge in [-0.2, -0.15) is 0 Å². The molecule has 112 valence electrons. The molecule has 5 heteroatoms. The number of amides is 1. The Labute approximate surface area is 116 Å². The molecule has 0 aromatic heterocycles. The molecule has 0 aromatic rings. The summed E-state index contributed by atoms with van der Waals surface area (Å²) in [6.45, 7) is 6.17. The number of unbranched alkanes of at least 4 members (excludes halogenated alkanes) is 5. The molecule has 0 radical (unpaired) electrons. The second-order valence-corrected chi connectivity index (χ2v) is 4.52. The van der Waals surface area contributed by atoms with Crippen LogP contribution in [0.15, 0.2) is 0 Å². The van der Waals surface area contributed by atoms with Gasteiger partial charge in [0, 0.05) is 0 Å². The van der Waals surface area contributed by atoms with Gasteiger partial charge in [-0.1, -0.05) is 39.0 Å². The molecule has 1 amide bonds. The van der Waals surface area contributed by atoms with E-state index in [-0.39, 0.29) is 6.61 Å². The van der Waals surface area contributed by atoms with Gasteiger partial charge >= 0.3 is 12.1 Å². The van der Waals surface area contributed by atoms with Crippen molar-refractivity contribution in [1.29, 1.82) is 0 Å². The third kappa shape index (κ3) is 10.4. The van der Waals surface area contributed by atoms with E-state index >= 15 is 0 Å². The minimum Gasteiger partial charge on any atom is -0.464 e. The molecule has 5 nitrogen and oxygen atoms in total. The van der Waals surface area contributed by atoms with Crippen LogP contribution in [0, 0.1) is 0 Å². The molecule has 0 unspecified atom stereocenters. The Morgan fingerprint density at radius 1 is 1.00 bits per heavy atom. The van der Waals surface area contributed by atoms with E-state index in [2.05, 4.69) is 17.0 Å². The Balaban J connectivity index is 3.54. The smallest absolute Gasteiger partial charge is 0.407 e. The second kappa shape index (κ2) is 11.8. The fourth-order valence-corrected chi connectivity index (χ4v) is 1.59. The lowest BCUT2D eigenvalue weighted by atomic mass is 10.1. The van der Waals surface area contributed by atoms with Gasteiger partial charge in [0.1, 0.15) is 6.04 Å². The van der Waals surface area contributed by atoms with Crippen LogP contribution in [-0.2, 0) is 14.3 Å². The third-order valence-electron chi connectivity index (χ3n) is 2.71. The predicted octanol–water partition coefficient (Wildman–Crippen LogP) is 3.02. The van der Waals surface area contributed by atoms with Gasteiger partial charge in [-0.25, -0.2) is 9.59 Å². The van der Waals surface area contributed by atoms with Crippen molar-refractivity contribution in [3.8, 4) is 0 Å². The highest BCUT2D eigenvalue weighted by Crippen LogP contribution is 2.05. The number of hydrogen-bond acceptors (Lipinski definition) is 4. The maximum Gasteiger partial charge on any atom is 0.407 e. The average Bonchev–Trinajstić information content (AvgIpc) is 2.37. The summed E-state index contributed by atoms with van der Waals surface area (Å²) < 4.78 is 9.77. The molecule has 1 N–H and O–H groups in total. The minimum atomic E-state index is -0.667. The van der Waals surface area contributed by atoms with Crippen molar-refractivity contribution in [2.45, 2.75) is 65.3 Å². The van der Waals surface area contributed by atoms with E-state index in [0.29, 0.717) is 6.61 Å². The summed E-state index contributed by atoms with van der Waals surface area (Å²) in [6, 6.07) is -0.667. The van der Waals surface area contributed by atoms with Gasteiger partial charge in [-0.3, -0.25) is 0 Å². The topological polar surface area (TPSA) is 64.6 Å². The number of rotatable bonds is 10.